The molecule has 7 heteroatoms. The Labute approximate surface area is 159 Å². The molecular weight excluding hydrogens is 354 g/mol. The van der Waals surface area contributed by atoms with E-state index in [9.17, 15) is 14.4 Å². The van der Waals surface area contributed by atoms with Crippen LogP contribution in [0.25, 0.3) is 0 Å². The van der Waals surface area contributed by atoms with Crippen molar-refractivity contribution in [1.82, 2.24) is 15.1 Å². The van der Waals surface area contributed by atoms with Gasteiger partial charge in [0.1, 0.15) is 0 Å². The van der Waals surface area contributed by atoms with Crippen molar-refractivity contribution in [3.8, 4) is 0 Å². The zero-order valence-corrected chi connectivity index (χ0v) is 16.1. The quantitative estimate of drug-likeness (QED) is 0.770. The lowest BCUT2D eigenvalue weighted by molar-refractivity contribution is -0.141. The van der Waals surface area contributed by atoms with Crippen LogP contribution < -0.4 is 5.32 Å². The Kier molecular flexibility index (Phi) is 7.45. The SMILES string of the molecule is CC(C)C(=O)N1CCN(C(=O)CCCNC(=O)c2ccc(Cl)cc2)CC1. The number of carbonyl (C=O) groups is 3. The van der Waals surface area contributed by atoms with Crippen molar-refractivity contribution in [3.63, 3.8) is 0 Å². The molecule has 0 spiro atoms. The maximum atomic E-state index is 12.3. The van der Waals surface area contributed by atoms with E-state index in [0.717, 1.165) is 0 Å². The second-order valence-electron chi connectivity index (χ2n) is 6.73. The average Bonchev–Trinajstić information content (AvgIpc) is 2.64. The summed E-state index contributed by atoms with van der Waals surface area (Å²) in [6.45, 7) is 6.56. The highest BCUT2D eigenvalue weighted by Gasteiger charge is 2.24. The van der Waals surface area contributed by atoms with Gasteiger partial charge in [0.2, 0.25) is 11.8 Å². The minimum absolute atomic E-state index is 0.0125. The molecule has 1 aromatic rings. The highest BCUT2D eigenvalue weighted by Crippen LogP contribution is 2.10. The molecule has 6 nitrogen and oxygen atoms in total. The third-order valence-electron chi connectivity index (χ3n) is 4.40. The number of hydrogen-bond donors (Lipinski definition) is 1. The Bertz CT molecular complexity index is 638. The van der Waals surface area contributed by atoms with Crippen LogP contribution >= 0.6 is 11.6 Å². The number of nitrogens with one attached hydrogen (secondary N) is 1. The molecule has 26 heavy (non-hydrogen) atoms. The van der Waals surface area contributed by atoms with E-state index in [-0.39, 0.29) is 23.6 Å². The lowest BCUT2D eigenvalue weighted by atomic mass is 10.1. The van der Waals surface area contributed by atoms with Crippen LogP contribution in [0.5, 0.6) is 0 Å². The topological polar surface area (TPSA) is 69.7 Å². The maximum Gasteiger partial charge on any atom is 0.251 e. The third-order valence-corrected chi connectivity index (χ3v) is 4.65. The van der Waals surface area contributed by atoms with Crippen LogP contribution in [0.3, 0.4) is 0 Å². The van der Waals surface area contributed by atoms with Crippen molar-refractivity contribution < 1.29 is 14.4 Å². The fourth-order valence-electron chi connectivity index (χ4n) is 2.84. The summed E-state index contributed by atoms with van der Waals surface area (Å²) in [5.41, 5.74) is 0.548. The maximum absolute atomic E-state index is 12.3. The molecule has 1 N–H and O–H groups in total. The molecule has 2 rings (SSSR count). The molecule has 0 atom stereocenters. The highest BCUT2D eigenvalue weighted by atomic mass is 35.5. The van der Waals surface area contributed by atoms with Gasteiger partial charge in [-0.05, 0) is 30.7 Å². The number of nitrogens with zero attached hydrogens (tertiary/aromatic N) is 2. The van der Waals surface area contributed by atoms with E-state index in [1.54, 1.807) is 29.2 Å². The molecule has 1 aliphatic rings. The first-order chi connectivity index (χ1) is 12.4. The first kappa shape index (κ1) is 20.2. The molecule has 0 unspecified atom stereocenters. The number of hydrogen-bond acceptors (Lipinski definition) is 3. The fraction of sp³-hybridized carbons (Fsp3) is 0.526. The molecule has 3 amide bonds. The minimum Gasteiger partial charge on any atom is -0.352 e. The van der Waals surface area contributed by atoms with Gasteiger partial charge in [0.15, 0.2) is 0 Å². The lowest BCUT2D eigenvalue weighted by Gasteiger charge is -2.35. The van der Waals surface area contributed by atoms with Gasteiger partial charge in [0, 0.05) is 55.6 Å². The number of amides is 3. The van der Waals surface area contributed by atoms with Gasteiger partial charge in [-0.1, -0.05) is 25.4 Å². The summed E-state index contributed by atoms with van der Waals surface area (Å²) in [5, 5.41) is 3.39. The number of benzene rings is 1. The summed E-state index contributed by atoms with van der Waals surface area (Å²) in [7, 11) is 0. The molecule has 0 aliphatic carbocycles. The van der Waals surface area contributed by atoms with E-state index in [0.29, 0.717) is 56.2 Å². The molecule has 1 fully saturated rings. The Morgan fingerprint density at radius 1 is 1.04 bits per heavy atom. The molecule has 142 valence electrons. The van der Waals surface area contributed by atoms with E-state index in [2.05, 4.69) is 5.32 Å². The molecule has 1 aliphatic heterocycles. The largest absolute Gasteiger partial charge is 0.352 e. The van der Waals surface area contributed by atoms with E-state index < -0.39 is 0 Å². The Balaban J connectivity index is 1.66. The standard InChI is InChI=1S/C19H26ClN3O3/c1-14(2)19(26)23-12-10-22(11-13-23)17(24)4-3-9-21-18(25)15-5-7-16(20)8-6-15/h5-8,14H,3-4,9-13H2,1-2H3,(H,21,25). The van der Waals surface area contributed by atoms with E-state index in [4.69, 9.17) is 11.6 Å². The summed E-state index contributed by atoms with van der Waals surface area (Å²) >= 11 is 5.80. The van der Waals surface area contributed by atoms with E-state index in [1.807, 2.05) is 18.7 Å². The monoisotopic (exact) mass is 379 g/mol. The van der Waals surface area contributed by atoms with Crippen LogP contribution in [0, 0.1) is 5.92 Å². The number of rotatable bonds is 6. The summed E-state index contributed by atoms with van der Waals surface area (Å²) in [4.78, 5) is 39.8. The van der Waals surface area contributed by atoms with Crippen molar-refractivity contribution >= 4 is 29.3 Å². The predicted molar refractivity (Wildman–Crippen MR) is 101 cm³/mol. The Hall–Kier alpha value is -2.08. The van der Waals surface area contributed by atoms with Crippen LogP contribution in [0.15, 0.2) is 24.3 Å². The predicted octanol–water partition coefficient (Wildman–Crippen LogP) is 2.18. The molecular formula is C19H26ClN3O3. The smallest absolute Gasteiger partial charge is 0.251 e. The third kappa shape index (κ3) is 5.73. The van der Waals surface area contributed by atoms with Crippen molar-refractivity contribution in [2.24, 2.45) is 5.92 Å². The summed E-state index contributed by atoms with van der Waals surface area (Å²) in [6, 6.07) is 6.68. The van der Waals surface area contributed by atoms with Crippen LogP contribution in [-0.2, 0) is 9.59 Å². The normalized spacial score (nSPS) is 14.5. The molecule has 0 bridgehead atoms. The van der Waals surface area contributed by atoms with Crippen molar-refractivity contribution in [3.05, 3.63) is 34.9 Å². The first-order valence-corrected chi connectivity index (χ1v) is 9.36. The van der Waals surface area contributed by atoms with Gasteiger partial charge in [-0.2, -0.15) is 0 Å². The van der Waals surface area contributed by atoms with E-state index in [1.165, 1.54) is 0 Å². The van der Waals surface area contributed by atoms with Crippen LogP contribution in [-0.4, -0.2) is 60.2 Å². The molecule has 1 saturated heterocycles. The van der Waals surface area contributed by atoms with E-state index >= 15 is 0 Å². The average molecular weight is 380 g/mol. The van der Waals surface area contributed by atoms with Gasteiger partial charge in [0.05, 0.1) is 0 Å². The van der Waals surface area contributed by atoms with Gasteiger partial charge in [-0.3, -0.25) is 14.4 Å². The van der Waals surface area contributed by atoms with Crippen LogP contribution in [0.2, 0.25) is 5.02 Å². The number of halogens is 1. The fourth-order valence-corrected chi connectivity index (χ4v) is 2.97. The van der Waals surface area contributed by atoms with Gasteiger partial charge < -0.3 is 15.1 Å². The molecule has 1 heterocycles. The van der Waals surface area contributed by atoms with Crippen molar-refractivity contribution in [1.29, 1.82) is 0 Å². The summed E-state index contributed by atoms with van der Waals surface area (Å²) in [5.74, 6) is 0.0285. The molecule has 0 saturated carbocycles. The zero-order valence-electron chi connectivity index (χ0n) is 15.3. The van der Waals surface area contributed by atoms with Crippen LogP contribution in [0.4, 0.5) is 0 Å². The van der Waals surface area contributed by atoms with Gasteiger partial charge in [0.25, 0.3) is 5.91 Å². The van der Waals surface area contributed by atoms with Crippen molar-refractivity contribution in [2.45, 2.75) is 26.7 Å². The Morgan fingerprint density at radius 2 is 1.62 bits per heavy atom. The number of carbonyl (C=O) groups excluding carboxylic acids is 3. The Morgan fingerprint density at radius 3 is 2.19 bits per heavy atom. The van der Waals surface area contributed by atoms with Crippen LogP contribution in [0.1, 0.15) is 37.0 Å². The molecule has 0 radical (unpaired) electrons. The van der Waals surface area contributed by atoms with Gasteiger partial charge in [-0.25, -0.2) is 0 Å². The minimum atomic E-state index is -0.171. The molecule has 1 aromatic carbocycles. The lowest BCUT2D eigenvalue weighted by Crippen LogP contribution is -2.51. The van der Waals surface area contributed by atoms with Crippen molar-refractivity contribution in [2.75, 3.05) is 32.7 Å². The van der Waals surface area contributed by atoms with Gasteiger partial charge in [-0.15, -0.1) is 0 Å². The second kappa shape index (κ2) is 9.57. The summed E-state index contributed by atoms with van der Waals surface area (Å²) in [6.07, 6.45) is 0.975. The van der Waals surface area contributed by atoms with Gasteiger partial charge >= 0.3 is 0 Å². The first-order valence-electron chi connectivity index (χ1n) is 8.99. The number of piperazine rings is 1. The zero-order chi connectivity index (χ0) is 19.1. The second-order valence-corrected chi connectivity index (χ2v) is 7.16. The highest BCUT2D eigenvalue weighted by molar-refractivity contribution is 6.30. The summed E-state index contributed by atoms with van der Waals surface area (Å²) < 4.78 is 0. The molecule has 0 aromatic heterocycles.